The molecule has 1 saturated heterocycles. The van der Waals surface area contributed by atoms with Gasteiger partial charge in [-0.15, -0.1) is 0 Å². The first-order chi connectivity index (χ1) is 15.7. The van der Waals surface area contributed by atoms with Crippen LogP contribution in [0.5, 0.6) is 0 Å². The number of nitrogens with zero attached hydrogens (tertiary/aromatic N) is 3. The fraction of sp³-hybridized carbons (Fsp3) is 0.250. The monoisotopic (exact) mass is 466 g/mol. The third-order valence-electron chi connectivity index (χ3n) is 6.32. The second-order valence-electron chi connectivity index (χ2n) is 8.58. The summed E-state index contributed by atoms with van der Waals surface area (Å²) in [5.41, 5.74) is 3.98. The van der Waals surface area contributed by atoms with Crippen molar-refractivity contribution < 1.29 is 17.6 Å². The Kier molecular flexibility index (Phi) is 5.18. The number of benzene rings is 2. The molecule has 2 aromatic carbocycles. The van der Waals surface area contributed by atoms with Crippen LogP contribution in [0.25, 0.3) is 11.3 Å². The standard InChI is InChI=1S/C24H23FN4O3S/c1-15-10-17-11-20(25)23(33(26,31)32)12-22(17)29(15)24(30)18-13-28(14-18)19-7-5-16(6-8-19)21-4-2-3-9-27-21/h2-9,11-12,15,18H,10,13-14H2,1H3,(H2,26,31,32)/t15-/m0/s1. The summed E-state index contributed by atoms with van der Waals surface area (Å²) < 4.78 is 37.7. The molecule has 2 aliphatic heterocycles. The van der Waals surface area contributed by atoms with Gasteiger partial charge in [0.15, 0.2) is 0 Å². The molecule has 9 heteroatoms. The zero-order valence-electron chi connectivity index (χ0n) is 18.0. The van der Waals surface area contributed by atoms with Gasteiger partial charge in [0.05, 0.1) is 11.6 Å². The maximum atomic E-state index is 14.2. The van der Waals surface area contributed by atoms with E-state index in [2.05, 4.69) is 9.88 Å². The predicted octanol–water partition coefficient (Wildman–Crippen LogP) is 2.95. The predicted molar refractivity (Wildman–Crippen MR) is 124 cm³/mol. The lowest BCUT2D eigenvalue weighted by Crippen LogP contribution is -2.55. The number of amides is 1. The molecular formula is C24H23FN4O3S. The summed E-state index contributed by atoms with van der Waals surface area (Å²) in [4.78, 5) is 20.8. The lowest BCUT2D eigenvalue weighted by atomic mass is 9.96. The molecule has 1 aromatic heterocycles. The van der Waals surface area contributed by atoms with Crippen molar-refractivity contribution in [1.29, 1.82) is 0 Å². The van der Waals surface area contributed by atoms with Crippen molar-refractivity contribution in [2.24, 2.45) is 11.1 Å². The highest BCUT2D eigenvalue weighted by molar-refractivity contribution is 7.89. The number of hydrogen-bond acceptors (Lipinski definition) is 5. The maximum Gasteiger partial charge on any atom is 0.241 e. The van der Waals surface area contributed by atoms with E-state index >= 15 is 0 Å². The summed E-state index contributed by atoms with van der Waals surface area (Å²) in [5, 5.41) is 5.15. The van der Waals surface area contributed by atoms with Crippen molar-refractivity contribution in [2.75, 3.05) is 22.9 Å². The number of pyridine rings is 1. The van der Waals surface area contributed by atoms with Crippen LogP contribution in [0.1, 0.15) is 12.5 Å². The quantitative estimate of drug-likeness (QED) is 0.638. The number of fused-ring (bicyclic) bond motifs is 1. The molecule has 0 aliphatic carbocycles. The molecule has 3 aromatic rings. The molecule has 2 aliphatic rings. The van der Waals surface area contributed by atoms with Gasteiger partial charge >= 0.3 is 0 Å². The number of primary sulfonamides is 1. The minimum absolute atomic E-state index is 0.0883. The van der Waals surface area contributed by atoms with Crippen LogP contribution in [-0.2, 0) is 21.2 Å². The molecule has 0 unspecified atom stereocenters. The Labute approximate surface area is 191 Å². The minimum Gasteiger partial charge on any atom is -0.370 e. The summed E-state index contributed by atoms with van der Waals surface area (Å²) in [6.45, 7) is 2.99. The van der Waals surface area contributed by atoms with Gasteiger partial charge in [0.1, 0.15) is 10.7 Å². The van der Waals surface area contributed by atoms with Crippen molar-refractivity contribution in [3.05, 3.63) is 72.2 Å². The lowest BCUT2D eigenvalue weighted by molar-refractivity contribution is -0.123. The van der Waals surface area contributed by atoms with Gasteiger partial charge < -0.3 is 9.80 Å². The Morgan fingerprint density at radius 3 is 2.48 bits per heavy atom. The van der Waals surface area contributed by atoms with Crippen molar-refractivity contribution in [3.8, 4) is 11.3 Å². The number of sulfonamides is 1. The number of rotatable bonds is 4. The maximum absolute atomic E-state index is 14.2. The van der Waals surface area contributed by atoms with Crippen molar-refractivity contribution in [1.82, 2.24) is 4.98 Å². The highest BCUT2D eigenvalue weighted by Gasteiger charge is 2.41. The first-order valence-electron chi connectivity index (χ1n) is 10.7. The summed E-state index contributed by atoms with van der Waals surface area (Å²) in [7, 11) is -4.23. The van der Waals surface area contributed by atoms with Gasteiger partial charge in [-0.25, -0.2) is 17.9 Å². The van der Waals surface area contributed by atoms with Crippen LogP contribution in [-0.4, -0.2) is 38.4 Å². The number of aromatic nitrogens is 1. The second kappa shape index (κ2) is 7.93. The average molecular weight is 467 g/mol. The molecule has 0 spiro atoms. The minimum atomic E-state index is -4.23. The number of nitrogens with two attached hydrogens (primary N) is 1. The Bertz CT molecular complexity index is 1320. The largest absolute Gasteiger partial charge is 0.370 e. The van der Waals surface area contributed by atoms with E-state index in [-0.39, 0.29) is 17.9 Å². The fourth-order valence-corrected chi connectivity index (χ4v) is 5.20. The summed E-state index contributed by atoms with van der Waals surface area (Å²) in [6, 6.07) is 16.0. The van der Waals surface area contributed by atoms with Gasteiger partial charge in [-0.05, 0) is 55.3 Å². The van der Waals surface area contributed by atoms with Crippen molar-refractivity contribution in [2.45, 2.75) is 24.3 Å². The molecule has 170 valence electrons. The summed E-state index contributed by atoms with van der Waals surface area (Å²) in [6.07, 6.45) is 2.22. The molecule has 1 amide bonds. The van der Waals surface area contributed by atoms with Gasteiger partial charge in [0.2, 0.25) is 15.9 Å². The van der Waals surface area contributed by atoms with Gasteiger partial charge in [0, 0.05) is 42.3 Å². The smallest absolute Gasteiger partial charge is 0.241 e. The third-order valence-corrected chi connectivity index (χ3v) is 7.24. The molecule has 1 fully saturated rings. The first kappa shape index (κ1) is 21.5. The van der Waals surface area contributed by atoms with Crippen LogP contribution >= 0.6 is 0 Å². The van der Waals surface area contributed by atoms with Gasteiger partial charge in [-0.3, -0.25) is 9.78 Å². The fourth-order valence-electron chi connectivity index (χ4n) is 4.59. The Morgan fingerprint density at radius 2 is 1.85 bits per heavy atom. The lowest BCUT2D eigenvalue weighted by Gasteiger charge is -2.42. The molecule has 33 heavy (non-hydrogen) atoms. The number of halogens is 1. The normalized spacial score (nSPS) is 18.2. The zero-order valence-corrected chi connectivity index (χ0v) is 18.8. The van der Waals surface area contributed by atoms with Crippen LogP contribution < -0.4 is 14.9 Å². The van der Waals surface area contributed by atoms with E-state index in [0.29, 0.717) is 30.8 Å². The second-order valence-corrected chi connectivity index (χ2v) is 10.1. The average Bonchev–Trinajstić information content (AvgIpc) is 3.07. The topological polar surface area (TPSA) is 96.6 Å². The van der Waals surface area contributed by atoms with Gasteiger partial charge in [-0.1, -0.05) is 18.2 Å². The zero-order chi connectivity index (χ0) is 23.3. The van der Waals surface area contributed by atoms with Gasteiger partial charge in [0.25, 0.3) is 0 Å². The van der Waals surface area contributed by atoms with Crippen LogP contribution in [0.3, 0.4) is 0 Å². The van der Waals surface area contributed by atoms with Crippen molar-refractivity contribution in [3.63, 3.8) is 0 Å². The van der Waals surface area contributed by atoms with Crippen LogP contribution in [0.4, 0.5) is 15.8 Å². The number of hydrogen-bond donors (Lipinski definition) is 1. The van der Waals surface area contributed by atoms with E-state index in [9.17, 15) is 17.6 Å². The molecular weight excluding hydrogens is 443 g/mol. The van der Waals surface area contributed by atoms with Crippen LogP contribution in [0.2, 0.25) is 0 Å². The third kappa shape index (κ3) is 3.87. The Morgan fingerprint density at radius 1 is 1.12 bits per heavy atom. The molecule has 5 rings (SSSR count). The molecule has 0 radical (unpaired) electrons. The molecule has 1 atom stereocenters. The van der Waals surface area contributed by atoms with Gasteiger partial charge in [-0.2, -0.15) is 0 Å². The van der Waals surface area contributed by atoms with E-state index in [1.165, 1.54) is 12.1 Å². The number of carbonyl (C=O) groups is 1. The number of anilines is 2. The van der Waals surface area contributed by atoms with E-state index in [1.54, 1.807) is 11.1 Å². The Hall–Kier alpha value is -3.30. The Balaban J connectivity index is 1.31. The molecule has 3 heterocycles. The van der Waals surface area contributed by atoms with E-state index in [0.717, 1.165) is 16.9 Å². The molecule has 7 nitrogen and oxygen atoms in total. The SMILES string of the molecule is C[C@H]1Cc2cc(F)c(S(N)(=O)=O)cc2N1C(=O)C1CN(c2ccc(-c3ccccn3)cc2)C1. The molecule has 0 bridgehead atoms. The van der Waals surface area contributed by atoms with Crippen molar-refractivity contribution >= 4 is 27.3 Å². The molecule has 0 saturated carbocycles. The number of carbonyl (C=O) groups excluding carboxylic acids is 1. The highest BCUT2D eigenvalue weighted by atomic mass is 32.2. The van der Waals surface area contributed by atoms with E-state index in [4.69, 9.17) is 5.14 Å². The van der Waals surface area contributed by atoms with E-state index in [1.807, 2.05) is 49.4 Å². The van der Waals surface area contributed by atoms with E-state index < -0.39 is 20.7 Å². The summed E-state index contributed by atoms with van der Waals surface area (Å²) in [5.74, 6) is -1.20. The first-order valence-corrected chi connectivity index (χ1v) is 12.2. The molecule has 2 N–H and O–H groups in total. The van der Waals surface area contributed by atoms with Crippen LogP contribution in [0, 0.1) is 11.7 Å². The summed E-state index contributed by atoms with van der Waals surface area (Å²) >= 11 is 0. The highest BCUT2D eigenvalue weighted by Crippen LogP contribution is 2.38. The van der Waals surface area contributed by atoms with Crippen LogP contribution in [0.15, 0.2) is 65.7 Å².